The smallest absolute Gasteiger partial charge is 0.306 e. The van der Waals surface area contributed by atoms with Crippen molar-refractivity contribution in [2.75, 3.05) is 18.0 Å². The zero-order valence-corrected chi connectivity index (χ0v) is 12.4. The topological polar surface area (TPSA) is 62.7 Å². The summed E-state index contributed by atoms with van der Waals surface area (Å²) in [7, 11) is 0. The van der Waals surface area contributed by atoms with Gasteiger partial charge in [0.05, 0.1) is 5.92 Å². The first-order valence-corrected chi connectivity index (χ1v) is 7.75. The molecule has 0 bridgehead atoms. The fraction of sp³-hybridized carbons (Fsp3) is 0.625. The Kier molecular flexibility index (Phi) is 3.99. The molecule has 1 aromatic heterocycles. The number of anilines is 1. The van der Waals surface area contributed by atoms with E-state index in [1.807, 2.05) is 18.2 Å². The molecule has 1 aliphatic carbocycles. The third-order valence-electron chi connectivity index (χ3n) is 4.60. The van der Waals surface area contributed by atoms with Crippen molar-refractivity contribution >= 4 is 11.8 Å². The van der Waals surface area contributed by atoms with Gasteiger partial charge in [0.25, 0.3) is 0 Å². The minimum atomic E-state index is -0.682. The van der Waals surface area contributed by atoms with Crippen LogP contribution in [-0.2, 0) is 4.79 Å². The third kappa shape index (κ3) is 3.12. The molecule has 0 spiro atoms. The summed E-state index contributed by atoms with van der Waals surface area (Å²) in [6.07, 6.45) is 3.46. The summed E-state index contributed by atoms with van der Waals surface area (Å²) in [5.41, 5.74) is 0. The highest BCUT2D eigenvalue weighted by Gasteiger charge is 2.32. The Balaban J connectivity index is 1.62. The van der Waals surface area contributed by atoms with E-state index in [1.165, 1.54) is 6.42 Å². The lowest BCUT2D eigenvalue weighted by molar-refractivity contribution is -0.144. The van der Waals surface area contributed by atoms with E-state index in [4.69, 9.17) is 9.84 Å². The number of aromatic nitrogens is 1. The monoisotopic (exact) mass is 290 g/mol. The van der Waals surface area contributed by atoms with Crippen LogP contribution in [0.25, 0.3) is 0 Å². The molecule has 114 valence electrons. The first-order valence-electron chi connectivity index (χ1n) is 7.75. The second kappa shape index (κ2) is 5.92. The van der Waals surface area contributed by atoms with Gasteiger partial charge < -0.3 is 14.7 Å². The molecule has 5 nitrogen and oxygen atoms in total. The second-order valence-electron chi connectivity index (χ2n) is 6.16. The van der Waals surface area contributed by atoms with Gasteiger partial charge in [0.2, 0.25) is 5.88 Å². The van der Waals surface area contributed by atoms with Crippen molar-refractivity contribution < 1.29 is 14.6 Å². The van der Waals surface area contributed by atoms with Crippen molar-refractivity contribution in [2.45, 2.75) is 38.7 Å². The van der Waals surface area contributed by atoms with Gasteiger partial charge in [-0.3, -0.25) is 4.79 Å². The van der Waals surface area contributed by atoms with Crippen molar-refractivity contribution in [3.63, 3.8) is 0 Å². The van der Waals surface area contributed by atoms with Gasteiger partial charge in [-0.2, -0.15) is 4.98 Å². The van der Waals surface area contributed by atoms with Crippen molar-refractivity contribution in [3.8, 4) is 5.88 Å². The summed E-state index contributed by atoms with van der Waals surface area (Å²) in [4.78, 5) is 17.9. The molecule has 1 saturated carbocycles. The quantitative estimate of drug-likeness (QED) is 0.923. The van der Waals surface area contributed by atoms with E-state index < -0.39 is 5.97 Å². The lowest BCUT2D eigenvalue weighted by Crippen LogP contribution is -2.38. The number of carbonyl (C=O) groups is 1. The Hall–Kier alpha value is -1.78. The normalized spacial score (nSPS) is 28.8. The van der Waals surface area contributed by atoms with Gasteiger partial charge in [0, 0.05) is 19.2 Å². The molecule has 21 heavy (non-hydrogen) atoms. The molecule has 3 atom stereocenters. The fourth-order valence-corrected chi connectivity index (χ4v) is 3.11. The Labute approximate surface area is 124 Å². The van der Waals surface area contributed by atoms with Gasteiger partial charge in [-0.15, -0.1) is 0 Å². The van der Waals surface area contributed by atoms with Gasteiger partial charge in [-0.1, -0.05) is 13.0 Å². The van der Waals surface area contributed by atoms with Gasteiger partial charge >= 0.3 is 5.97 Å². The van der Waals surface area contributed by atoms with Crippen LogP contribution < -0.4 is 9.64 Å². The Morgan fingerprint density at radius 1 is 1.38 bits per heavy atom. The predicted molar refractivity (Wildman–Crippen MR) is 79.6 cm³/mol. The maximum Gasteiger partial charge on any atom is 0.306 e. The summed E-state index contributed by atoms with van der Waals surface area (Å²) in [5, 5.41) is 9.10. The van der Waals surface area contributed by atoms with Crippen molar-refractivity contribution in [1.29, 1.82) is 0 Å². The molecule has 5 heteroatoms. The van der Waals surface area contributed by atoms with E-state index in [-0.39, 0.29) is 17.9 Å². The molecule has 1 N–H and O–H groups in total. The van der Waals surface area contributed by atoms with Crippen LogP contribution in [0.4, 0.5) is 5.82 Å². The zero-order chi connectivity index (χ0) is 14.8. The summed E-state index contributed by atoms with van der Waals surface area (Å²) in [6, 6.07) is 5.87. The van der Waals surface area contributed by atoms with Gasteiger partial charge in [-0.05, 0) is 37.7 Å². The highest BCUT2D eigenvalue weighted by molar-refractivity contribution is 5.70. The average molecular weight is 290 g/mol. The van der Waals surface area contributed by atoms with Crippen LogP contribution in [0.15, 0.2) is 18.2 Å². The Bertz CT molecular complexity index is 516. The van der Waals surface area contributed by atoms with Gasteiger partial charge in [0.15, 0.2) is 0 Å². The molecule has 1 unspecified atom stereocenters. The molecule has 2 heterocycles. The number of nitrogens with zero attached hydrogens (tertiary/aromatic N) is 2. The molecular weight excluding hydrogens is 268 g/mol. The highest BCUT2D eigenvalue weighted by atomic mass is 16.5. The SMILES string of the molecule is C[C@H]1C[C@H](C(=O)O)CCC1Oc1cccc(N2CCC2)n1. The van der Waals surface area contributed by atoms with E-state index in [2.05, 4.69) is 16.8 Å². The zero-order valence-electron chi connectivity index (χ0n) is 12.4. The third-order valence-corrected chi connectivity index (χ3v) is 4.60. The van der Waals surface area contributed by atoms with Crippen LogP contribution in [0.5, 0.6) is 5.88 Å². The highest BCUT2D eigenvalue weighted by Crippen LogP contribution is 2.32. The largest absolute Gasteiger partial charge is 0.481 e. The number of hydrogen-bond donors (Lipinski definition) is 1. The van der Waals surface area contributed by atoms with E-state index in [1.54, 1.807) is 0 Å². The first-order chi connectivity index (χ1) is 10.1. The summed E-state index contributed by atoms with van der Waals surface area (Å²) in [6.45, 7) is 4.20. The molecule has 0 aromatic carbocycles. The molecule has 2 fully saturated rings. The Morgan fingerprint density at radius 2 is 2.19 bits per heavy atom. The molecule has 0 amide bonds. The lowest BCUT2D eigenvalue weighted by atomic mass is 9.80. The second-order valence-corrected chi connectivity index (χ2v) is 6.16. The van der Waals surface area contributed by atoms with Crippen LogP contribution in [0.1, 0.15) is 32.6 Å². The van der Waals surface area contributed by atoms with Crippen molar-refractivity contribution in [2.24, 2.45) is 11.8 Å². The van der Waals surface area contributed by atoms with Crippen LogP contribution in [-0.4, -0.2) is 35.3 Å². The molecule has 0 radical (unpaired) electrons. The number of aliphatic carboxylic acids is 1. The molecule has 2 aliphatic rings. The standard InChI is InChI=1S/C16H22N2O3/c1-11-10-12(16(19)20)6-7-13(11)21-15-5-2-4-14(17-15)18-8-3-9-18/h2,4-5,11-13H,3,6-10H2,1H3,(H,19,20)/t11-,12+,13?/m0/s1. The number of pyridine rings is 1. The number of ether oxygens (including phenoxy) is 1. The summed E-state index contributed by atoms with van der Waals surface area (Å²) < 4.78 is 6.02. The predicted octanol–water partition coefficient (Wildman–Crippen LogP) is 2.56. The van der Waals surface area contributed by atoms with E-state index >= 15 is 0 Å². The van der Waals surface area contributed by atoms with E-state index in [0.717, 1.165) is 25.3 Å². The van der Waals surface area contributed by atoms with Crippen LogP contribution in [0, 0.1) is 11.8 Å². The van der Waals surface area contributed by atoms with Gasteiger partial charge in [-0.25, -0.2) is 0 Å². The number of rotatable bonds is 4. The molecule has 1 aromatic rings. The first kappa shape index (κ1) is 14.2. The van der Waals surface area contributed by atoms with E-state index in [9.17, 15) is 4.79 Å². The molecule has 1 aliphatic heterocycles. The maximum atomic E-state index is 11.1. The minimum Gasteiger partial charge on any atom is -0.481 e. The Morgan fingerprint density at radius 3 is 2.81 bits per heavy atom. The van der Waals surface area contributed by atoms with Gasteiger partial charge in [0.1, 0.15) is 11.9 Å². The molecule has 1 saturated heterocycles. The van der Waals surface area contributed by atoms with Crippen molar-refractivity contribution in [3.05, 3.63) is 18.2 Å². The molecule has 3 rings (SSSR count). The average Bonchev–Trinajstić information content (AvgIpc) is 2.39. The molecular formula is C16H22N2O3. The summed E-state index contributed by atoms with van der Waals surface area (Å²) in [5.74, 6) is 0.975. The van der Waals surface area contributed by atoms with E-state index in [0.29, 0.717) is 18.7 Å². The van der Waals surface area contributed by atoms with Crippen LogP contribution in [0.3, 0.4) is 0 Å². The number of carboxylic acids is 1. The van der Waals surface area contributed by atoms with Crippen molar-refractivity contribution in [1.82, 2.24) is 4.98 Å². The maximum absolute atomic E-state index is 11.1. The number of carboxylic acid groups (broad SMARTS) is 1. The fourth-order valence-electron chi connectivity index (χ4n) is 3.11. The van der Waals surface area contributed by atoms with Crippen LogP contribution >= 0.6 is 0 Å². The van der Waals surface area contributed by atoms with Crippen LogP contribution in [0.2, 0.25) is 0 Å². The number of hydrogen-bond acceptors (Lipinski definition) is 4. The summed E-state index contributed by atoms with van der Waals surface area (Å²) >= 11 is 0. The lowest BCUT2D eigenvalue weighted by Gasteiger charge is -2.34. The minimum absolute atomic E-state index is 0.0692.